The summed E-state index contributed by atoms with van der Waals surface area (Å²) in [5.41, 5.74) is 0.325. The van der Waals surface area contributed by atoms with Crippen LogP contribution in [-0.2, 0) is 0 Å². The van der Waals surface area contributed by atoms with E-state index in [0.717, 1.165) is 50.0 Å². The van der Waals surface area contributed by atoms with Crippen LogP contribution in [0, 0.1) is 5.92 Å². The molecule has 4 heteroatoms. The highest BCUT2D eigenvalue weighted by Gasteiger charge is 2.49. The largest absolute Gasteiger partial charge is 0.497 e. The topological polar surface area (TPSA) is 58.7 Å². The first-order valence-corrected chi connectivity index (χ1v) is 8.05. The van der Waals surface area contributed by atoms with E-state index in [1.54, 1.807) is 12.1 Å². The summed E-state index contributed by atoms with van der Waals surface area (Å²) >= 11 is 0. The van der Waals surface area contributed by atoms with Gasteiger partial charge in [-0.3, -0.25) is 0 Å². The first-order chi connectivity index (χ1) is 10.1. The van der Waals surface area contributed by atoms with Gasteiger partial charge in [-0.05, 0) is 55.9 Å². The molecule has 0 aromatic heterocycles. The van der Waals surface area contributed by atoms with E-state index >= 15 is 0 Å². The van der Waals surface area contributed by atoms with Crippen molar-refractivity contribution in [3.05, 3.63) is 24.3 Å². The molecule has 1 aromatic carbocycles. The van der Waals surface area contributed by atoms with Crippen LogP contribution < -0.4 is 15.6 Å². The molecule has 0 aliphatic heterocycles. The fourth-order valence-electron chi connectivity index (χ4n) is 4.21. The molecular formula is C17H26N2O2. The van der Waals surface area contributed by atoms with Crippen molar-refractivity contribution in [2.45, 2.75) is 56.6 Å². The molecule has 0 spiro atoms. The van der Waals surface area contributed by atoms with Gasteiger partial charge in [0.15, 0.2) is 0 Å². The molecule has 2 aliphatic rings. The van der Waals surface area contributed by atoms with Crippen LogP contribution in [0.1, 0.15) is 44.9 Å². The van der Waals surface area contributed by atoms with Crippen LogP contribution in [0.3, 0.4) is 0 Å². The van der Waals surface area contributed by atoms with Gasteiger partial charge in [-0.1, -0.05) is 19.3 Å². The number of nitrogens with two attached hydrogens (primary N) is 1. The minimum Gasteiger partial charge on any atom is -0.497 e. The van der Waals surface area contributed by atoms with Gasteiger partial charge in [0.2, 0.25) is 0 Å². The molecule has 2 saturated carbocycles. The van der Waals surface area contributed by atoms with Crippen molar-refractivity contribution >= 4 is 5.69 Å². The van der Waals surface area contributed by atoms with Crippen LogP contribution in [0.5, 0.6) is 5.75 Å². The summed E-state index contributed by atoms with van der Waals surface area (Å²) in [6.45, 7) is 0. The van der Waals surface area contributed by atoms with Crippen molar-refractivity contribution in [3.8, 4) is 5.75 Å². The standard InChI is InChI=1S/C17H26N2O2/c1-21-15-10-8-14(9-11-15)19(18)16-7-4-6-13-5-2-3-12-17(13,16)20/h8-11,13,16,20H,2-7,12,18H2,1H3/t13-,16?,17+/m1/s1. The van der Waals surface area contributed by atoms with Gasteiger partial charge in [0.1, 0.15) is 5.75 Å². The van der Waals surface area contributed by atoms with Crippen LogP contribution >= 0.6 is 0 Å². The molecule has 3 N–H and O–H groups in total. The summed E-state index contributed by atoms with van der Waals surface area (Å²) in [5, 5.41) is 13.0. The number of anilines is 1. The lowest BCUT2D eigenvalue weighted by Crippen LogP contribution is -2.62. The zero-order chi connectivity index (χ0) is 14.9. The number of hydrogen-bond donors (Lipinski definition) is 2. The predicted molar refractivity (Wildman–Crippen MR) is 84.2 cm³/mol. The molecule has 2 aliphatic carbocycles. The minimum absolute atomic E-state index is 0.0185. The van der Waals surface area contributed by atoms with E-state index < -0.39 is 5.60 Å². The summed E-state index contributed by atoms with van der Waals surface area (Å²) < 4.78 is 5.19. The molecule has 0 bridgehead atoms. The van der Waals surface area contributed by atoms with Crippen molar-refractivity contribution in [1.29, 1.82) is 0 Å². The maximum absolute atomic E-state index is 11.2. The number of hydrogen-bond acceptors (Lipinski definition) is 4. The SMILES string of the molecule is COc1ccc(N(N)C2CCC[C@H]3CCCC[C@@]23O)cc1. The number of methoxy groups -OCH3 is 1. The lowest BCUT2D eigenvalue weighted by Gasteiger charge is -2.51. The van der Waals surface area contributed by atoms with Crippen LogP contribution in [0.25, 0.3) is 0 Å². The van der Waals surface area contributed by atoms with Gasteiger partial charge in [-0.15, -0.1) is 0 Å². The van der Waals surface area contributed by atoms with Crippen molar-refractivity contribution in [2.24, 2.45) is 11.8 Å². The van der Waals surface area contributed by atoms with Crippen LogP contribution in [0.4, 0.5) is 5.69 Å². The van der Waals surface area contributed by atoms with E-state index in [-0.39, 0.29) is 6.04 Å². The summed E-state index contributed by atoms with van der Waals surface area (Å²) in [6.07, 6.45) is 7.64. The van der Waals surface area contributed by atoms with Crippen LogP contribution in [0.2, 0.25) is 0 Å². The molecule has 0 saturated heterocycles. The predicted octanol–water partition coefficient (Wildman–Crippen LogP) is 2.85. The summed E-state index contributed by atoms with van der Waals surface area (Å²) in [5.74, 6) is 7.62. The number of nitrogens with zero attached hydrogens (tertiary/aromatic N) is 1. The maximum atomic E-state index is 11.2. The van der Waals surface area contributed by atoms with E-state index in [1.165, 1.54) is 6.42 Å². The second kappa shape index (κ2) is 5.85. The number of fused-ring (bicyclic) bond motifs is 1. The van der Waals surface area contributed by atoms with E-state index in [9.17, 15) is 5.11 Å². The highest BCUT2D eigenvalue weighted by atomic mass is 16.5. The molecule has 116 valence electrons. The number of aliphatic hydroxyl groups is 1. The van der Waals surface area contributed by atoms with Gasteiger partial charge in [-0.2, -0.15) is 0 Å². The second-order valence-electron chi connectivity index (χ2n) is 6.49. The smallest absolute Gasteiger partial charge is 0.119 e. The molecule has 0 heterocycles. The highest BCUT2D eigenvalue weighted by Crippen LogP contribution is 2.45. The van der Waals surface area contributed by atoms with Gasteiger partial charge in [0.05, 0.1) is 24.4 Å². The molecule has 0 radical (unpaired) electrons. The highest BCUT2D eigenvalue weighted by molar-refractivity contribution is 5.49. The van der Waals surface area contributed by atoms with Crippen LogP contribution in [-0.4, -0.2) is 23.9 Å². The Morgan fingerprint density at radius 3 is 2.57 bits per heavy atom. The average molecular weight is 290 g/mol. The third-order valence-corrected chi connectivity index (χ3v) is 5.40. The van der Waals surface area contributed by atoms with Crippen molar-refractivity contribution < 1.29 is 9.84 Å². The van der Waals surface area contributed by atoms with Crippen LogP contribution in [0.15, 0.2) is 24.3 Å². The fraction of sp³-hybridized carbons (Fsp3) is 0.647. The molecular weight excluding hydrogens is 264 g/mol. The van der Waals surface area contributed by atoms with Gasteiger partial charge in [0, 0.05) is 0 Å². The molecule has 3 rings (SSSR count). The van der Waals surface area contributed by atoms with Gasteiger partial charge < -0.3 is 14.9 Å². The van der Waals surface area contributed by atoms with Crippen molar-refractivity contribution in [2.75, 3.05) is 12.1 Å². The summed E-state index contributed by atoms with van der Waals surface area (Å²) in [7, 11) is 1.66. The van der Waals surface area contributed by atoms with Crippen molar-refractivity contribution in [1.82, 2.24) is 0 Å². The Bertz CT molecular complexity index is 474. The molecule has 0 amide bonds. The van der Waals surface area contributed by atoms with E-state index in [4.69, 9.17) is 10.6 Å². The Balaban J connectivity index is 1.82. The lowest BCUT2D eigenvalue weighted by molar-refractivity contribution is -0.0909. The number of benzene rings is 1. The van der Waals surface area contributed by atoms with Crippen molar-refractivity contribution in [3.63, 3.8) is 0 Å². The monoisotopic (exact) mass is 290 g/mol. The second-order valence-corrected chi connectivity index (χ2v) is 6.49. The quantitative estimate of drug-likeness (QED) is 0.664. The Morgan fingerprint density at radius 1 is 1.14 bits per heavy atom. The Morgan fingerprint density at radius 2 is 1.86 bits per heavy atom. The Kier molecular flexibility index (Phi) is 4.09. The summed E-state index contributed by atoms with van der Waals surface area (Å²) in [4.78, 5) is 0. The molecule has 4 nitrogen and oxygen atoms in total. The third kappa shape index (κ3) is 2.62. The first-order valence-electron chi connectivity index (χ1n) is 8.05. The number of ether oxygens (including phenoxy) is 1. The molecule has 21 heavy (non-hydrogen) atoms. The van der Waals surface area contributed by atoms with Gasteiger partial charge >= 0.3 is 0 Å². The maximum Gasteiger partial charge on any atom is 0.119 e. The molecule has 3 atom stereocenters. The minimum atomic E-state index is -0.620. The van der Waals surface area contributed by atoms with Gasteiger partial charge in [-0.25, -0.2) is 5.84 Å². The zero-order valence-electron chi connectivity index (χ0n) is 12.8. The lowest BCUT2D eigenvalue weighted by atomic mass is 9.64. The molecule has 1 aromatic rings. The Hall–Kier alpha value is -1.26. The normalized spacial score (nSPS) is 32.3. The van der Waals surface area contributed by atoms with E-state index in [0.29, 0.717) is 5.92 Å². The molecule has 2 fully saturated rings. The molecule has 1 unspecified atom stereocenters. The number of hydrazine groups is 1. The van der Waals surface area contributed by atoms with E-state index in [1.807, 2.05) is 24.3 Å². The first kappa shape index (κ1) is 14.7. The summed E-state index contributed by atoms with van der Waals surface area (Å²) in [6, 6.07) is 7.79. The zero-order valence-corrected chi connectivity index (χ0v) is 12.8. The average Bonchev–Trinajstić information content (AvgIpc) is 2.53. The third-order valence-electron chi connectivity index (χ3n) is 5.40. The fourth-order valence-corrected chi connectivity index (χ4v) is 4.21. The Labute approximate surface area is 126 Å². The number of rotatable bonds is 3. The van der Waals surface area contributed by atoms with Gasteiger partial charge in [0.25, 0.3) is 0 Å². The van der Waals surface area contributed by atoms with E-state index in [2.05, 4.69) is 0 Å².